The molecule has 0 spiro atoms. The summed E-state index contributed by atoms with van der Waals surface area (Å²) in [5, 5.41) is 9.20. The van der Waals surface area contributed by atoms with E-state index in [9.17, 15) is 14.3 Å². The Labute approximate surface area is 125 Å². The van der Waals surface area contributed by atoms with E-state index in [1.54, 1.807) is 0 Å². The average Bonchev–Trinajstić information content (AvgIpc) is 2.48. The lowest BCUT2D eigenvalue weighted by Gasteiger charge is -2.41. The maximum Gasteiger partial charge on any atom is 0.336 e. The molecule has 116 valence electrons. The number of aromatic carboxylic acids is 1. The van der Waals surface area contributed by atoms with Crippen LogP contribution in [0.15, 0.2) is 18.2 Å². The highest BCUT2D eigenvalue weighted by molar-refractivity contribution is 5.89. The van der Waals surface area contributed by atoms with Gasteiger partial charge in [-0.15, -0.1) is 0 Å². The lowest BCUT2D eigenvalue weighted by molar-refractivity contribution is 0.0688. The van der Waals surface area contributed by atoms with Gasteiger partial charge in [-0.1, -0.05) is 26.7 Å². The molecular formula is C17H24FNO2. The fraction of sp³-hybridized carbons (Fsp3) is 0.588. The molecule has 2 rings (SSSR count). The molecule has 0 atom stereocenters. The molecule has 4 heteroatoms. The highest BCUT2D eigenvalue weighted by Gasteiger charge is 2.31. The quantitative estimate of drug-likeness (QED) is 0.894. The second kappa shape index (κ2) is 6.56. The zero-order chi connectivity index (χ0) is 15.5. The molecule has 0 unspecified atom stereocenters. The molecule has 1 fully saturated rings. The van der Waals surface area contributed by atoms with Crippen LogP contribution in [0.3, 0.4) is 0 Å². The average molecular weight is 293 g/mol. The van der Waals surface area contributed by atoms with Crippen LogP contribution < -0.4 is 0 Å². The second-order valence-corrected chi connectivity index (χ2v) is 6.09. The molecular weight excluding hydrogens is 269 g/mol. The van der Waals surface area contributed by atoms with Crippen LogP contribution >= 0.6 is 0 Å². The molecule has 0 saturated carbocycles. The van der Waals surface area contributed by atoms with Crippen molar-refractivity contribution in [1.29, 1.82) is 0 Å². The maximum atomic E-state index is 13.4. The zero-order valence-electron chi connectivity index (χ0n) is 12.9. The van der Waals surface area contributed by atoms with E-state index >= 15 is 0 Å². The Hall–Kier alpha value is -1.42. The fourth-order valence-corrected chi connectivity index (χ4v) is 3.29. The Morgan fingerprint density at radius 3 is 2.43 bits per heavy atom. The monoisotopic (exact) mass is 293 g/mol. The van der Waals surface area contributed by atoms with Crippen molar-refractivity contribution in [1.82, 2.24) is 4.90 Å². The van der Waals surface area contributed by atoms with E-state index in [0.29, 0.717) is 17.5 Å². The number of hydrogen-bond donors (Lipinski definition) is 1. The van der Waals surface area contributed by atoms with Gasteiger partial charge in [0.25, 0.3) is 0 Å². The fourth-order valence-electron chi connectivity index (χ4n) is 3.29. The Morgan fingerprint density at radius 2 is 1.90 bits per heavy atom. The van der Waals surface area contributed by atoms with E-state index in [1.165, 1.54) is 31.0 Å². The lowest BCUT2D eigenvalue weighted by atomic mass is 9.74. The number of likely N-dealkylation sites (tertiary alicyclic amines) is 1. The van der Waals surface area contributed by atoms with Crippen LogP contribution in [-0.4, -0.2) is 29.1 Å². The van der Waals surface area contributed by atoms with Gasteiger partial charge in [0.05, 0.1) is 5.56 Å². The summed E-state index contributed by atoms with van der Waals surface area (Å²) in [5.41, 5.74) is 1.22. The van der Waals surface area contributed by atoms with Crippen molar-refractivity contribution in [2.75, 3.05) is 13.1 Å². The molecule has 1 N–H and O–H groups in total. The topological polar surface area (TPSA) is 40.5 Å². The summed E-state index contributed by atoms with van der Waals surface area (Å²) >= 11 is 0. The minimum atomic E-state index is -0.988. The maximum absolute atomic E-state index is 13.4. The predicted octanol–water partition coefficient (Wildman–Crippen LogP) is 3.93. The van der Waals surface area contributed by atoms with Gasteiger partial charge >= 0.3 is 5.97 Å². The molecule has 3 nitrogen and oxygen atoms in total. The van der Waals surface area contributed by atoms with Crippen LogP contribution in [0.2, 0.25) is 0 Å². The van der Waals surface area contributed by atoms with E-state index in [1.807, 2.05) is 0 Å². The Kier molecular flexibility index (Phi) is 4.99. The first kappa shape index (κ1) is 16.0. The first-order valence-electron chi connectivity index (χ1n) is 7.74. The summed E-state index contributed by atoms with van der Waals surface area (Å²) < 4.78 is 13.4. The highest BCUT2D eigenvalue weighted by atomic mass is 19.1. The van der Waals surface area contributed by atoms with Crippen molar-refractivity contribution >= 4 is 5.97 Å². The standard InChI is InChI=1S/C17H24FNO2/c1-3-17(4-2)7-9-19(10-8-17)12-13-11-14(18)5-6-15(13)16(20)21/h5-6,11H,3-4,7-10,12H2,1-2H3,(H,20,21). The molecule has 0 aliphatic carbocycles. The summed E-state index contributed by atoms with van der Waals surface area (Å²) in [7, 11) is 0. The molecule has 0 amide bonds. The van der Waals surface area contributed by atoms with Gasteiger partial charge in [0.1, 0.15) is 5.82 Å². The van der Waals surface area contributed by atoms with Gasteiger partial charge in [0, 0.05) is 6.54 Å². The largest absolute Gasteiger partial charge is 0.478 e. The number of benzene rings is 1. The molecule has 1 heterocycles. The van der Waals surface area contributed by atoms with Crippen LogP contribution in [0.5, 0.6) is 0 Å². The van der Waals surface area contributed by atoms with Gasteiger partial charge in [-0.25, -0.2) is 9.18 Å². The molecule has 1 aliphatic heterocycles. The van der Waals surface area contributed by atoms with Crippen LogP contribution in [-0.2, 0) is 6.54 Å². The number of carboxylic acids is 1. The number of piperidine rings is 1. The summed E-state index contributed by atoms with van der Waals surface area (Å²) in [5.74, 6) is -1.36. The number of carbonyl (C=O) groups is 1. The van der Waals surface area contributed by atoms with Crippen molar-refractivity contribution in [2.45, 2.75) is 46.1 Å². The van der Waals surface area contributed by atoms with E-state index < -0.39 is 5.97 Å². The van der Waals surface area contributed by atoms with Gasteiger partial charge in [0.2, 0.25) is 0 Å². The van der Waals surface area contributed by atoms with Crippen LogP contribution in [0.4, 0.5) is 4.39 Å². The van der Waals surface area contributed by atoms with Crippen molar-refractivity contribution < 1.29 is 14.3 Å². The molecule has 0 bridgehead atoms. The summed E-state index contributed by atoms with van der Waals surface area (Å²) in [6.07, 6.45) is 4.66. The third kappa shape index (κ3) is 3.62. The number of rotatable bonds is 5. The smallest absolute Gasteiger partial charge is 0.336 e. The summed E-state index contributed by atoms with van der Waals surface area (Å²) in [6, 6.07) is 3.92. The summed E-state index contributed by atoms with van der Waals surface area (Å²) in [6.45, 7) is 6.92. The van der Waals surface area contributed by atoms with Crippen molar-refractivity contribution in [3.8, 4) is 0 Å². The van der Waals surface area contributed by atoms with Crippen LogP contribution in [0.25, 0.3) is 0 Å². The number of nitrogens with zero attached hydrogens (tertiary/aromatic N) is 1. The SMILES string of the molecule is CCC1(CC)CCN(Cc2cc(F)ccc2C(=O)O)CC1. The Bertz CT molecular complexity index is 502. The van der Waals surface area contributed by atoms with Gasteiger partial charge in [-0.2, -0.15) is 0 Å². The van der Waals surface area contributed by atoms with Crippen LogP contribution in [0, 0.1) is 11.2 Å². The van der Waals surface area contributed by atoms with Crippen molar-refractivity contribution in [2.24, 2.45) is 5.41 Å². The minimum Gasteiger partial charge on any atom is -0.478 e. The molecule has 21 heavy (non-hydrogen) atoms. The van der Waals surface area contributed by atoms with Crippen LogP contribution in [0.1, 0.15) is 55.5 Å². The molecule has 0 radical (unpaired) electrons. The predicted molar refractivity (Wildman–Crippen MR) is 80.9 cm³/mol. The normalized spacial score (nSPS) is 18.6. The van der Waals surface area contributed by atoms with Gasteiger partial charge in [-0.05, 0) is 55.1 Å². The molecule has 1 aromatic carbocycles. The number of halogens is 1. The van der Waals surface area contributed by atoms with E-state index in [0.717, 1.165) is 25.9 Å². The zero-order valence-corrected chi connectivity index (χ0v) is 12.9. The molecule has 1 aromatic rings. The second-order valence-electron chi connectivity index (χ2n) is 6.09. The van der Waals surface area contributed by atoms with Gasteiger partial charge < -0.3 is 5.11 Å². The third-order valence-electron chi connectivity index (χ3n) is 5.11. The van der Waals surface area contributed by atoms with E-state index in [2.05, 4.69) is 18.7 Å². The van der Waals surface area contributed by atoms with Crippen molar-refractivity contribution in [3.05, 3.63) is 35.1 Å². The minimum absolute atomic E-state index is 0.208. The highest BCUT2D eigenvalue weighted by Crippen LogP contribution is 2.38. The third-order valence-corrected chi connectivity index (χ3v) is 5.11. The Balaban J connectivity index is 2.07. The van der Waals surface area contributed by atoms with Gasteiger partial charge in [-0.3, -0.25) is 4.90 Å². The first-order chi connectivity index (χ1) is 9.99. The van der Waals surface area contributed by atoms with E-state index in [-0.39, 0.29) is 11.4 Å². The first-order valence-corrected chi connectivity index (χ1v) is 7.74. The summed E-state index contributed by atoms with van der Waals surface area (Å²) in [4.78, 5) is 13.5. The lowest BCUT2D eigenvalue weighted by Crippen LogP contribution is -2.39. The molecule has 0 aromatic heterocycles. The Morgan fingerprint density at radius 1 is 1.29 bits per heavy atom. The molecule has 1 aliphatic rings. The number of hydrogen-bond acceptors (Lipinski definition) is 2. The van der Waals surface area contributed by atoms with E-state index in [4.69, 9.17) is 0 Å². The van der Waals surface area contributed by atoms with Crippen molar-refractivity contribution in [3.63, 3.8) is 0 Å². The molecule has 1 saturated heterocycles. The number of carboxylic acid groups (broad SMARTS) is 1. The van der Waals surface area contributed by atoms with Gasteiger partial charge in [0.15, 0.2) is 0 Å².